The van der Waals surface area contributed by atoms with E-state index in [1.54, 1.807) is 0 Å². The van der Waals surface area contributed by atoms with Crippen LogP contribution in [-0.4, -0.2) is 9.78 Å². The van der Waals surface area contributed by atoms with E-state index in [-0.39, 0.29) is 10.8 Å². The topological polar surface area (TPSA) is 17.8 Å². The molecule has 0 aromatic carbocycles. The lowest BCUT2D eigenvalue weighted by Gasteiger charge is -2.20. The van der Waals surface area contributed by atoms with E-state index in [2.05, 4.69) is 62.6 Å². The van der Waals surface area contributed by atoms with Crippen molar-refractivity contribution in [2.75, 3.05) is 0 Å². The average molecular weight is 273 g/mol. The molecule has 0 radical (unpaired) electrons. The highest BCUT2D eigenvalue weighted by molar-refractivity contribution is 9.10. The van der Waals surface area contributed by atoms with Crippen molar-refractivity contribution in [2.45, 2.75) is 52.4 Å². The summed E-state index contributed by atoms with van der Waals surface area (Å²) < 4.78 is 3.15. The molecule has 1 aromatic rings. The number of aromatic nitrogens is 2. The van der Waals surface area contributed by atoms with Crippen LogP contribution in [0.3, 0.4) is 0 Å². The van der Waals surface area contributed by atoms with E-state index in [0.717, 1.165) is 10.2 Å². The molecule has 0 atom stereocenters. The third-order valence-corrected chi connectivity index (χ3v) is 3.16. The maximum atomic E-state index is 4.62. The standard InChI is InChI=1S/C12H21BrN2/c1-11(2,3)9-8(13)10(12(4,5)6)15(7)14-9/h1-7H3. The first-order valence-corrected chi connectivity index (χ1v) is 6.08. The predicted molar refractivity (Wildman–Crippen MR) is 68.3 cm³/mol. The Hall–Kier alpha value is -0.310. The molecule has 15 heavy (non-hydrogen) atoms. The molecule has 86 valence electrons. The van der Waals surface area contributed by atoms with Crippen LogP contribution in [0.5, 0.6) is 0 Å². The summed E-state index contributed by atoms with van der Waals surface area (Å²) >= 11 is 3.69. The summed E-state index contributed by atoms with van der Waals surface area (Å²) in [7, 11) is 2.01. The lowest BCUT2D eigenvalue weighted by molar-refractivity contribution is 0.513. The molecule has 0 saturated heterocycles. The van der Waals surface area contributed by atoms with Gasteiger partial charge in [-0.2, -0.15) is 5.10 Å². The van der Waals surface area contributed by atoms with E-state index < -0.39 is 0 Å². The van der Waals surface area contributed by atoms with E-state index in [0.29, 0.717) is 0 Å². The Balaban J connectivity index is 3.41. The molecule has 1 rings (SSSR count). The van der Waals surface area contributed by atoms with Crippen LogP contribution in [0.25, 0.3) is 0 Å². The molecule has 0 bridgehead atoms. The molecule has 0 saturated carbocycles. The lowest BCUT2D eigenvalue weighted by atomic mass is 9.88. The molecular formula is C12H21BrN2. The largest absolute Gasteiger partial charge is 0.271 e. The molecule has 0 spiro atoms. The Kier molecular flexibility index (Phi) is 3.08. The maximum Gasteiger partial charge on any atom is 0.0822 e. The Bertz CT molecular complexity index is 364. The third-order valence-electron chi connectivity index (χ3n) is 2.41. The first-order valence-electron chi connectivity index (χ1n) is 5.28. The monoisotopic (exact) mass is 272 g/mol. The van der Waals surface area contributed by atoms with Gasteiger partial charge in [0.1, 0.15) is 0 Å². The van der Waals surface area contributed by atoms with E-state index in [4.69, 9.17) is 0 Å². The summed E-state index contributed by atoms with van der Waals surface area (Å²) in [6, 6.07) is 0. The minimum Gasteiger partial charge on any atom is -0.271 e. The van der Waals surface area contributed by atoms with Gasteiger partial charge < -0.3 is 0 Å². The lowest BCUT2D eigenvalue weighted by Crippen LogP contribution is -2.17. The second kappa shape index (κ2) is 3.62. The Morgan fingerprint density at radius 1 is 1.00 bits per heavy atom. The highest BCUT2D eigenvalue weighted by Crippen LogP contribution is 2.36. The molecule has 0 aliphatic rings. The van der Waals surface area contributed by atoms with Gasteiger partial charge in [0, 0.05) is 17.9 Å². The Morgan fingerprint density at radius 3 is 1.67 bits per heavy atom. The number of hydrogen-bond acceptors (Lipinski definition) is 1. The summed E-state index contributed by atoms with van der Waals surface area (Å²) in [5.41, 5.74) is 2.59. The van der Waals surface area contributed by atoms with Gasteiger partial charge in [-0.1, -0.05) is 41.5 Å². The number of nitrogens with zero attached hydrogens (tertiary/aromatic N) is 2. The van der Waals surface area contributed by atoms with Gasteiger partial charge in [-0.15, -0.1) is 0 Å². The third kappa shape index (κ3) is 2.44. The molecule has 0 aliphatic carbocycles. The van der Waals surface area contributed by atoms with Gasteiger partial charge in [-0.05, 0) is 15.9 Å². The second-order valence-electron chi connectivity index (χ2n) is 6.13. The minimum atomic E-state index is 0.0834. The van der Waals surface area contributed by atoms with Crippen LogP contribution in [0.1, 0.15) is 52.9 Å². The van der Waals surface area contributed by atoms with E-state index in [1.807, 2.05) is 11.7 Å². The van der Waals surface area contributed by atoms with Crippen molar-refractivity contribution in [2.24, 2.45) is 7.05 Å². The van der Waals surface area contributed by atoms with Crippen LogP contribution in [-0.2, 0) is 17.9 Å². The molecule has 0 N–H and O–H groups in total. The first kappa shape index (κ1) is 12.8. The summed E-state index contributed by atoms with van der Waals surface area (Å²) in [4.78, 5) is 0. The molecule has 1 aromatic heterocycles. The van der Waals surface area contributed by atoms with Gasteiger partial charge in [-0.3, -0.25) is 4.68 Å². The fourth-order valence-corrected chi connectivity index (χ4v) is 3.32. The fourth-order valence-electron chi connectivity index (χ4n) is 1.79. The SMILES string of the molecule is Cn1nc(C(C)(C)C)c(Br)c1C(C)(C)C. The number of halogens is 1. The molecular weight excluding hydrogens is 252 g/mol. The summed E-state index contributed by atoms with van der Waals surface area (Å²) in [5, 5.41) is 4.62. The van der Waals surface area contributed by atoms with Crippen molar-refractivity contribution in [1.82, 2.24) is 9.78 Å². The first-order chi connectivity index (χ1) is 6.55. The predicted octanol–water partition coefficient (Wildman–Crippen LogP) is 3.78. The molecule has 0 unspecified atom stereocenters. The van der Waals surface area contributed by atoms with Gasteiger partial charge in [0.05, 0.1) is 15.9 Å². The van der Waals surface area contributed by atoms with Gasteiger partial charge in [-0.25, -0.2) is 0 Å². The van der Waals surface area contributed by atoms with Gasteiger partial charge in [0.25, 0.3) is 0 Å². The zero-order valence-corrected chi connectivity index (χ0v) is 12.4. The highest BCUT2D eigenvalue weighted by Gasteiger charge is 2.29. The van der Waals surface area contributed by atoms with Gasteiger partial charge in [0.15, 0.2) is 0 Å². The van der Waals surface area contributed by atoms with Gasteiger partial charge >= 0.3 is 0 Å². The number of rotatable bonds is 0. The van der Waals surface area contributed by atoms with Crippen LogP contribution >= 0.6 is 15.9 Å². The van der Waals surface area contributed by atoms with Crippen LogP contribution in [0, 0.1) is 0 Å². The van der Waals surface area contributed by atoms with Crippen LogP contribution in [0.15, 0.2) is 4.47 Å². The highest BCUT2D eigenvalue weighted by atomic mass is 79.9. The zero-order valence-electron chi connectivity index (χ0n) is 10.8. The number of hydrogen-bond donors (Lipinski definition) is 0. The van der Waals surface area contributed by atoms with Crippen molar-refractivity contribution < 1.29 is 0 Å². The molecule has 2 nitrogen and oxygen atoms in total. The van der Waals surface area contributed by atoms with Crippen molar-refractivity contribution in [3.63, 3.8) is 0 Å². The van der Waals surface area contributed by atoms with E-state index in [9.17, 15) is 0 Å². The molecule has 1 heterocycles. The summed E-state index contributed by atoms with van der Waals surface area (Å²) in [6.07, 6.45) is 0. The minimum absolute atomic E-state index is 0.0834. The second-order valence-corrected chi connectivity index (χ2v) is 6.93. The van der Waals surface area contributed by atoms with E-state index in [1.165, 1.54) is 5.69 Å². The quantitative estimate of drug-likeness (QED) is 0.703. The number of aryl methyl sites for hydroxylation is 1. The zero-order chi connectivity index (χ0) is 12.0. The Morgan fingerprint density at radius 2 is 1.47 bits per heavy atom. The van der Waals surface area contributed by atoms with Crippen molar-refractivity contribution in [3.8, 4) is 0 Å². The fraction of sp³-hybridized carbons (Fsp3) is 0.750. The average Bonchev–Trinajstić information content (AvgIpc) is 2.22. The summed E-state index contributed by atoms with van der Waals surface area (Å²) in [6.45, 7) is 13.2. The Labute approximate surface area is 101 Å². The van der Waals surface area contributed by atoms with Crippen molar-refractivity contribution >= 4 is 15.9 Å². The van der Waals surface area contributed by atoms with E-state index >= 15 is 0 Å². The smallest absolute Gasteiger partial charge is 0.0822 e. The molecule has 0 amide bonds. The van der Waals surface area contributed by atoms with Crippen molar-refractivity contribution in [1.29, 1.82) is 0 Å². The van der Waals surface area contributed by atoms with Crippen LogP contribution in [0.2, 0.25) is 0 Å². The van der Waals surface area contributed by atoms with Gasteiger partial charge in [0.2, 0.25) is 0 Å². The maximum absolute atomic E-state index is 4.62. The molecule has 0 fully saturated rings. The normalized spacial score (nSPS) is 13.3. The van der Waals surface area contributed by atoms with Crippen molar-refractivity contribution in [3.05, 3.63) is 15.9 Å². The van der Waals surface area contributed by atoms with Crippen LogP contribution in [0.4, 0.5) is 0 Å². The molecule has 0 aliphatic heterocycles. The van der Waals surface area contributed by atoms with Crippen LogP contribution < -0.4 is 0 Å². The summed E-state index contributed by atoms with van der Waals surface area (Å²) in [5.74, 6) is 0. The molecule has 3 heteroatoms.